The molecule has 0 spiro atoms. The number of methoxy groups -OCH3 is 2. The number of hydrogen-bond acceptors (Lipinski definition) is 24. The van der Waals surface area contributed by atoms with Crippen LogP contribution in [0.25, 0.3) is 48.4 Å². The van der Waals surface area contributed by atoms with Crippen LogP contribution in [0.15, 0.2) is 156 Å². The Kier molecular flexibility index (Phi) is 16.2. The van der Waals surface area contributed by atoms with Crippen LogP contribution in [0.3, 0.4) is 0 Å². The zero-order valence-corrected chi connectivity index (χ0v) is 50.6. The van der Waals surface area contributed by atoms with Gasteiger partial charge in [-0.2, -0.15) is 21.0 Å². The molecule has 0 bridgehead atoms. The summed E-state index contributed by atoms with van der Waals surface area (Å²) in [6.07, 6.45) is 0. The first kappa shape index (κ1) is 58.1. The lowest BCUT2D eigenvalue weighted by atomic mass is 9.90. The molecule has 0 amide bonds. The molecule has 88 heavy (non-hydrogen) atoms. The highest BCUT2D eigenvalue weighted by molar-refractivity contribution is 7.36. The average molecular weight is 1280 g/mol. The zero-order chi connectivity index (χ0) is 61.1. The molecule has 0 radical (unpaired) electrons. The number of carbonyl (C=O) groups is 4. The van der Waals surface area contributed by atoms with Crippen LogP contribution in [0, 0.1) is 45.3 Å². The first-order chi connectivity index (χ1) is 42.9. The van der Waals surface area contributed by atoms with E-state index in [0.29, 0.717) is 82.2 Å². The molecule has 6 aromatic heterocycles. The third-order valence-corrected chi connectivity index (χ3v) is 21.2. The van der Waals surface area contributed by atoms with E-state index < -0.39 is 46.5 Å². The van der Waals surface area contributed by atoms with Crippen molar-refractivity contribution in [2.45, 2.75) is 37.6 Å². The number of carbonyl (C=O) groups excluding carboxylic acids is 4. The number of hydrogen-bond donors (Lipinski definition) is 0. The fourth-order valence-corrected chi connectivity index (χ4v) is 17.1. The summed E-state index contributed by atoms with van der Waals surface area (Å²) in [6.45, 7) is -1.10. The van der Waals surface area contributed by atoms with Crippen molar-refractivity contribution in [1.82, 2.24) is 0 Å². The van der Waals surface area contributed by atoms with Crippen molar-refractivity contribution in [3.8, 4) is 86.3 Å². The number of benzene rings is 4. The third kappa shape index (κ3) is 10.6. The number of fused-ring (bicyclic) bond motifs is 9. The van der Waals surface area contributed by atoms with Crippen LogP contribution in [0.4, 0.5) is 10.0 Å². The standard InChI is InChI=1S/C64H38N6O12S6/c1-75-43-25-47(69-39(27-65)28-66)85-53(43)45-23-41-51(83-45)55-49(81-63(41,59(71)77-31-35-15-7-3-8-16-35)60(72)78-32-36-17-9-4-10-18-36)57-58(87-55)50-56(88-57)52-42(24-46(84-52)54-44(76-2)26-48(86-54)70-40(29-67)30-68)64(82-50,61(73)79-33-37-19-11-5-12-20-37)62(74)80-34-38-21-13-6-14-22-38/h3-26H,31-34H2,1-2H3. The molecular weight excluding hydrogens is 1240 g/mol. The van der Waals surface area contributed by atoms with Gasteiger partial charge in [-0.05, 0) is 34.4 Å². The van der Waals surface area contributed by atoms with Crippen molar-refractivity contribution < 1.29 is 57.1 Å². The summed E-state index contributed by atoms with van der Waals surface area (Å²) < 4.78 is 51.0. The van der Waals surface area contributed by atoms with Gasteiger partial charge in [0.25, 0.3) is 0 Å². The van der Waals surface area contributed by atoms with Gasteiger partial charge >= 0.3 is 35.1 Å². The minimum atomic E-state index is -2.68. The van der Waals surface area contributed by atoms with Crippen molar-refractivity contribution in [3.63, 3.8) is 0 Å². The van der Waals surface area contributed by atoms with E-state index in [-0.39, 0.29) is 59.1 Å². The molecule has 2 aliphatic heterocycles. The first-order valence-corrected chi connectivity index (χ1v) is 31.1. The Morgan fingerprint density at radius 3 is 1.01 bits per heavy atom. The second-order valence-electron chi connectivity index (χ2n) is 19.0. The van der Waals surface area contributed by atoms with Crippen LogP contribution in [-0.4, -0.2) is 49.5 Å². The van der Waals surface area contributed by atoms with Gasteiger partial charge in [0.05, 0.1) is 52.9 Å². The predicted octanol–water partition coefficient (Wildman–Crippen LogP) is 14.3. The van der Waals surface area contributed by atoms with Crippen molar-refractivity contribution in [2.75, 3.05) is 14.2 Å². The monoisotopic (exact) mass is 1270 g/mol. The summed E-state index contributed by atoms with van der Waals surface area (Å²) in [4.78, 5) is 74.0. The van der Waals surface area contributed by atoms with Crippen molar-refractivity contribution >= 4 is 123 Å². The summed E-state index contributed by atoms with van der Waals surface area (Å²) in [5.74, 6) is -3.77. The highest BCUT2D eigenvalue weighted by Gasteiger charge is 2.62. The second-order valence-corrected chi connectivity index (χ2v) is 25.2. The molecule has 432 valence electrons. The zero-order valence-electron chi connectivity index (χ0n) is 45.7. The maximum Gasteiger partial charge on any atom is 0.367 e. The lowest BCUT2D eigenvalue weighted by Crippen LogP contribution is -2.52. The highest BCUT2D eigenvalue weighted by Crippen LogP contribution is 2.66. The SMILES string of the molecule is COc1cc(N=C(C#N)C#N)sc1-c1cc2c(s1)-c1sc3c4c(sc3c1OC2(C(=O)OCc1ccccc1)C(=O)OCc1ccccc1)-c1sc(-c2sc(N=C(C#N)C#N)cc2OC)cc1C(C(=O)OCc1ccccc1)(C(=O)OCc1ccccc1)O4. The van der Waals surface area contributed by atoms with Gasteiger partial charge in [-0.3, -0.25) is 0 Å². The molecule has 24 heteroatoms. The van der Waals surface area contributed by atoms with Crippen molar-refractivity contribution in [1.29, 1.82) is 21.0 Å². The van der Waals surface area contributed by atoms with Gasteiger partial charge in [0, 0.05) is 33.0 Å². The largest absolute Gasteiger partial charge is 0.495 e. The molecule has 0 atom stereocenters. The lowest BCUT2D eigenvalue weighted by Gasteiger charge is -2.33. The summed E-state index contributed by atoms with van der Waals surface area (Å²) in [7, 11) is 2.88. The van der Waals surface area contributed by atoms with Crippen molar-refractivity contribution in [2.24, 2.45) is 9.98 Å². The number of esters is 4. The van der Waals surface area contributed by atoms with E-state index in [4.69, 9.17) is 37.9 Å². The maximum absolute atomic E-state index is 15.5. The van der Waals surface area contributed by atoms with Gasteiger partial charge in [0.1, 0.15) is 72.2 Å². The van der Waals surface area contributed by atoms with Gasteiger partial charge < -0.3 is 37.9 Å². The summed E-state index contributed by atoms with van der Waals surface area (Å²) in [6, 6.07) is 49.0. The number of nitriles is 4. The predicted molar refractivity (Wildman–Crippen MR) is 332 cm³/mol. The number of aliphatic imine (C=N–C) groups is 2. The van der Waals surface area contributed by atoms with Gasteiger partial charge in [0.2, 0.25) is 11.4 Å². The molecular formula is C64H38N6O12S6. The van der Waals surface area contributed by atoms with Crippen LogP contribution in [-0.2, 0) is 75.8 Å². The molecule has 0 unspecified atom stereocenters. The van der Waals surface area contributed by atoms with E-state index in [1.54, 1.807) is 146 Å². The molecule has 18 nitrogen and oxygen atoms in total. The Bertz CT molecular complexity index is 4210. The van der Waals surface area contributed by atoms with Crippen LogP contribution in [0.2, 0.25) is 0 Å². The average Bonchev–Trinajstić information content (AvgIpc) is 1.53. The topological polar surface area (TPSA) is 262 Å². The van der Waals surface area contributed by atoms with E-state index in [1.165, 1.54) is 36.9 Å². The van der Waals surface area contributed by atoms with Crippen LogP contribution < -0.4 is 18.9 Å². The Hall–Kier alpha value is -10.3. The lowest BCUT2D eigenvalue weighted by molar-refractivity contribution is -0.185. The number of rotatable bonds is 18. The van der Waals surface area contributed by atoms with Crippen molar-refractivity contribution in [3.05, 3.63) is 179 Å². The summed E-state index contributed by atoms with van der Waals surface area (Å²) >= 11 is 6.83. The smallest absolute Gasteiger partial charge is 0.367 e. The maximum atomic E-state index is 15.5. The molecule has 0 saturated carbocycles. The quantitative estimate of drug-likeness (QED) is 0.0334. The number of thiophene rings is 6. The molecule has 8 heterocycles. The molecule has 0 fully saturated rings. The van der Waals surface area contributed by atoms with E-state index in [2.05, 4.69) is 9.98 Å². The Morgan fingerprint density at radius 2 is 0.727 bits per heavy atom. The van der Waals surface area contributed by atoms with E-state index in [0.717, 1.165) is 45.3 Å². The molecule has 10 aromatic rings. The van der Waals surface area contributed by atoms with Gasteiger partial charge in [0.15, 0.2) is 11.5 Å². The van der Waals surface area contributed by atoms with Crippen LogP contribution in [0.5, 0.6) is 23.0 Å². The molecule has 0 aliphatic carbocycles. The van der Waals surface area contributed by atoms with E-state index in [9.17, 15) is 21.0 Å². The first-order valence-electron chi connectivity index (χ1n) is 26.2. The molecule has 12 rings (SSSR count). The molecule has 4 aromatic carbocycles. The Balaban J connectivity index is 1.09. The van der Waals surface area contributed by atoms with Gasteiger partial charge in [-0.1, -0.05) is 121 Å². The minimum Gasteiger partial charge on any atom is -0.495 e. The number of nitrogens with zero attached hydrogens (tertiary/aromatic N) is 6. The van der Waals surface area contributed by atoms with Gasteiger partial charge in [-0.15, -0.1) is 68.0 Å². The van der Waals surface area contributed by atoms with E-state index in [1.807, 2.05) is 24.3 Å². The second kappa shape index (κ2) is 24.6. The van der Waals surface area contributed by atoms with Crippen LogP contribution in [0.1, 0.15) is 33.4 Å². The summed E-state index contributed by atoms with van der Waals surface area (Å²) in [5.41, 5.74) is -3.63. The Labute approximate surface area is 524 Å². The fourth-order valence-electron chi connectivity index (χ4n) is 9.58. The Morgan fingerprint density at radius 1 is 0.420 bits per heavy atom. The third-order valence-electron chi connectivity index (χ3n) is 13.7. The van der Waals surface area contributed by atoms with Crippen LogP contribution >= 0.6 is 68.0 Å². The fraction of sp³-hybridized carbons (Fsp3) is 0.125. The number of ether oxygens (including phenoxy) is 8. The molecule has 0 N–H and O–H groups in total. The minimum absolute atomic E-state index is 0.0452. The highest BCUT2D eigenvalue weighted by atomic mass is 32.1. The summed E-state index contributed by atoms with van der Waals surface area (Å²) in [5, 5.41) is 39.0. The normalized spacial score (nSPS) is 12.7. The van der Waals surface area contributed by atoms with Gasteiger partial charge in [-0.25, -0.2) is 29.2 Å². The van der Waals surface area contributed by atoms with E-state index >= 15 is 19.2 Å². The molecule has 0 saturated heterocycles. The molecule has 2 aliphatic rings.